The van der Waals surface area contributed by atoms with E-state index in [2.05, 4.69) is 82.2 Å². The molecule has 0 aliphatic carbocycles. The van der Waals surface area contributed by atoms with Crippen LogP contribution in [0.2, 0.25) is 0 Å². The molecule has 26 nitrogen and oxygen atoms in total. The highest BCUT2D eigenvalue weighted by Gasteiger charge is 2.19. The molecule has 0 atom stereocenters. The molecule has 16 aromatic rings. The Morgan fingerprint density at radius 2 is 0.415 bits per heavy atom. The van der Waals surface area contributed by atoms with Crippen LogP contribution >= 0.6 is 0 Å². The number of benzene rings is 16. The third-order valence-corrected chi connectivity index (χ3v) is 18.4. The van der Waals surface area contributed by atoms with Crippen molar-refractivity contribution in [3.8, 4) is 23.0 Å². The van der Waals surface area contributed by atoms with Gasteiger partial charge in [-0.3, -0.25) is 9.59 Å². The molecule has 26 heteroatoms. The molecular weight excluding hydrogens is 1630 g/mol. The molecule has 0 heterocycles. The number of anilines is 2. The molecule has 16 aromatic carbocycles. The molecule has 632 valence electrons. The third kappa shape index (κ3) is 27.0. The molecule has 0 saturated carbocycles. The van der Waals surface area contributed by atoms with Crippen molar-refractivity contribution >= 4 is 127 Å². The quantitative estimate of drug-likeness (QED) is 0.0293. The van der Waals surface area contributed by atoms with Crippen LogP contribution in [0.3, 0.4) is 0 Å². The molecule has 130 heavy (non-hydrogen) atoms. The topological polar surface area (TPSA) is 336 Å². The van der Waals surface area contributed by atoms with Gasteiger partial charge < -0.3 is 29.6 Å². The van der Waals surface area contributed by atoms with Crippen molar-refractivity contribution in [2.75, 3.05) is 10.6 Å². The van der Waals surface area contributed by atoms with Gasteiger partial charge >= 0.3 is 23.9 Å². The highest BCUT2D eigenvalue weighted by Crippen LogP contribution is 2.35. The minimum absolute atomic E-state index is 0.207. The van der Waals surface area contributed by atoms with Gasteiger partial charge in [0, 0.05) is 22.5 Å². The molecule has 16 rings (SSSR count). The second-order valence-electron chi connectivity index (χ2n) is 28.2. The van der Waals surface area contributed by atoms with Gasteiger partial charge in [-0.05, 0) is 304 Å². The fourth-order valence-electron chi connectivity index (χ4n) is 11.7. The van der Waals surface area contributed by atoms with Gasteiger partial charge in [0.2, 0.25) is 0 Å². The summed E-state index contributed by atoms with van der Waals surface area (Å²) in [7, 11) is 0. The van der Waals surface area contributed by atoms with Crippen molar-refractivity contribution in [3.63, 3.8) is 0 Å². The van der Waals surface area contributed by atoms with Crippen molar-refractivity contribution < 1.29 is 47.7 Å². The second-order valence-corrected chi connectivity index (χ2v) is 28.2. The monoisotopic (exact) mass is 1710 g/mol. The average Bonchev–Trinajstić information content (AvgIpc) is 0.841. The Kier molecular flexibility index (Phi) is 30.5. The van der Waals surface area contributed by atoms with Gasteiger partial charge in [0.1, 0.15) is 22.9 Å². The highest BCUT2D eigenvalue weighted by atomic mass is 16.5. The fourth-order valence-corrected chi connectivity index (χ4v) is 11.7. The van der Waals surface area contributed by atoms with E-state index in [0.29, 0.717) is 114 Å². The summed E-state index contributed by atoms with van der Waals surface area (Å²) in [5.41, 5.74) is 13.7. The Hall–Kier alpha value is -18.5. The summed E-state index contributed by atoms with van der Waals surface area (Å²) in [4.78, 5) is 77.0. The van der Waals surface area contributed by atoms with Gasteiger partial charge in [0.05, 0.1) is 90.5 Å². The van der Waals surface area contributed by atoms with Gasteiger partial charge in [-0.1, -0.05) is 133 Å². The standard InChI is InChI=1S/C40H30N6O4.C32H24N6O2.C32H22N4O4/c1-27-13-23-37(35(25-27)45-43-31-9-5-3-6-10-31)49-39(47)29-15-19-33(20-16-29)41-42-34-21-17-30(18-22-34)40(48)50-38-24-14-28(2)26-36(38)46-44-32-11-7-4-8-12-32;39-31(33-25-14-18-29(19-15-25)37-35-27-10-3-1-4-11-27)23-8-7-9-24(22-23)32(40)34-26-16-20-30(21-17-26)38-36-28-12-5-2-6-13-28;37-31(39-29-18-14-27(15-19-29)35-33-25-10-3-1-4-11-25)23-8-7-9-24(22-23)32(38)40-30-20-16-28(17-21-30)36-34-26-12-5-2-6-13-26/h3-26H,1-2H3;1-22H,(H,33,39)(H,34,40);1-22H. The Labute approximate surface area is 746 Å². The summed E-state index contributed by atoms with van der Waals surface area (Å²) in [5.74, 6) is -1.72. The number of nitrogens with zero attached hydrogens (tertiary/aromatic N) is 14. The Morgan fingerprint density at radius 3 is 0.692 bits per heavy atom. The summed E-state index contributed by atoms with van der Waals surface area (Å²) in [6.07, 6.45) is 0. The maximum atomic E-state index is 12.9. The first-order valence-corrected chi connectivity index (χ1v) is 40.4. The van der Waals surface area contributed by atoms with Crippen molar-refractivity contribution in [2.24, 2.45) is 71.6 Å². The number of esters is 4. The van der Waals surface area contributed by atoms with E-state index in [1.54, 1.807) is 212 Å². The molecule has 2 amide bonds. The van der Waals surface area contributed by atoms with Crippen LogP contribution in [0, 0.1) is 13.8 Å². The number of hydrogen-bond acceptors (Lipinski definition) is 24. The lowest BCUT2D eigenvalue weighted by atomic mass is 10.1. The molecule has 0 aliphatic heterocycles. The van der Waals surface area contributed by atoms with Crippen molar-refractivity contribution in [3.05, 3.63) is 457 Å². The maximum absolute atomic E-state index is 12.9. The van der Waals surface area contributed by atoms with E-state index in [4.69, 9.17) is 18.9 Å². The lowest BCUT2D eigenvalue weighted by Crippen LogP contribution is -2.15. The van der Waals surface area contributed by atoms with Crippen LogP contribution in [0.4, 0.5) is 91.0 Å². The minimum atomic E-state index is -0.610. The van der Waals surface area contributed by atoms with Gasteiger partial charge in [-0.2, -0.15) is 61.4 Å². The Bertz CT molecular complexity index is 6150. The Balaban J connectivity index is 0.000000159. The van der Waals surface area contributed by atoms with Gasteiger partial charge in [0.15, 0.2) is 11.5 Å². The summed E-state index contributed by atoms with van der Waals surface area (Å²) >= 11 is 0. The number of amides is 2. The SMILES string of the molecule is Cc1ccc(OC(=O)c2ccc(N=Nc3ccc(C(=O)Oc4ccc(C)cc4N=Nc4ccccc4)cc3)cc2)c(N=Nc2ccccc2)c1.O=C(Nc1ccc(N=Nc2ccccc2)cc1)c1cccc(C(=O)Nc2ccc(N=Nc3ccccc3)cc2)c1.O=C(Oc1ccc(N=Nc2ccccc2)cc1)c1cccc(C(=O)Oc2ccc(N=Nc3ccccc3)cc2)c1. The van der Waals surface area contributed by atoms with Crippen molar-refractivity contribution in [2.45, 2.75) is 13.8 Å². The summed E-state index contributed by atoms with van der Waals surface area (Å²) in [5, 5.41) is 64.7. The van der Waals surface area contributed by atoms with Gasteiger partial charge in [-0.15, -0.1) is 10.2 Å². The lowest BCUT2D eigenvalue weighted by molar-refractivity contribution is 0.0720. The average molecular weight is 1710 g/mol. The van der Waals surface area contributed by atoms with Crippen LogP contribution in [0.25, 0.3) is 0 Å². The zero-order valence-corrected chi connectivity index (χ0v) is 69.6. The number of ether oxygens (including phenoxy) is 4. The number of aryl methyl sites for hydroxylation is 2. The molecule has 0 aliphatic rings. The van der Waals surface area contributed by atoms with Crippen molar-refractivity contribution in [1.29, 1.82) is 0 Å². The number of carbonyl (C=O) groups is 6. The molecule has 0 radical (unpaired) electrons. The first-order chi connectivity index (χ1) is 63.6. The summed E-state index contributed by atoms with van der Waals surface area (Å²) in [6.45, 7) is 3.85. The zero-order chi connectivity index (χ0) is 89.9. The summed E-state index contributed by atoms with van der Waals surface area (Å²) in [6, 6.07) is 120. The molecule has 0 unspecified atom stereocenters. The second kappa shape index (κ2) is 45.1. The number of azo groups is 7. The molecule has 2 N–H and O–H groups in total. The molecule has 0 bridgehead atoms. The van der Waals surface area contributed by atoms with E-state index in [-0.39, 0.29) is 22.9 Å². The third-order valence-electron chi connectivity index (χ3n) is 18.4. The molecule has 0 fully saturated rings. The highest BCUT2D eigenvalue weighted by molar-refractivity contribution is 6.09. The van der Waals surface area contributed by atoms with E-state index in [0.717, 1.165) is 33.9 Å². The van der Waals surface area contributed by atoms with Crippen LogP contribution in [0.1, 0.15) is 73.3 Å². The van der Waals surface area contributed by atoms with Crippen LogP contribution in [-0.2, 0) is 0 Å². The van der Waals surface area contributed by atoms with Crippen LogP contribution in [0.5, 0.6) is 23.0 Å². The number of rotatable bonds is 26. The summed E-state index contributed by atoms with van der Waals surface area (Å²) < 4.78 is 22.2. The smallest absolute Gasteiger partial charge is 0.343 e. The number of nitrogens with one attached hydrogen (secondary N) is 2. The van der Waals surface area contributed by atoms with E-state index < -0.39 is 23.9 Å². The number of hydrogen-bond donors (Lipinski definition) is 2. The van der Waals surface area contributed by atoms with Gasteiger partial charge in [-0.25, -0.2) is 19.2 Å². The fraction of sp³-hybridized carbons (Fsp3) is 0.0192. The zero-order valence-electron chi connectivity index (χ0n) is 69.6. The molecular formula is C104H76N16O10. The van der Waals surface area contributed by atoms with Gasteiger partial charge in [0.25, 0.3) is 11.8 Å². The normalized spacial score (nSPS) is 11.1. The molecule has 0 aromatic heterocycles. The first-order valence-electron chi connectivity index (χ1n) is 40.4. The van der Waals surface area contributed by atoms with Crippen LogP contribution in [0.15, 0.2) is 484 Å². The van der Waals surface area contributed by atoms with Crippen LogP contribution in [-0.4, -0.2) is 35.7 Å². The predicted octanol–water partition coefficient (Wildman–Crippen LogP) is 30.0. The minimum Gasteiger partial charge on any atom is -0.423 e. The maximum Gasteiger partial charge on any atom is 0.343 e. The lowest BCUT2D eigenvalue weighted by Gasteiger charge is -2.08. The van der Waals surface area contributed by atoms with E-state index in [9.17, 15) is 28.8 Å². The predicted molar refractivity (Wildman–Crippen MR) is 498 cm³/mol. The van der Waals surface area contributed by atoms with E-state index in [1.807, 2.05) is 208 Å². The largest absolute Gasteiger partial charge is 0.423 e. The van der Waals surface area contributed by atoms with Crippen LogP contribution < -0.4 is 29.6 Å². The first kappa shape index (κ1) is 87.9. The van der Waals surface area contributed by atoms with E-state index >= 15 is 0 Å². The van der Waals surface area contributed by atoms with E-state index in [1.165, 1.54) is 6.07 Å². The Morgan fingerprint density at radius 1 is 0.192 bits per heavy atom. The van der Waals surface area contributed by atoms with Crippen molar-refractivity contribution in [1.82, 2.24) is 0 Å². The number of carbonyl (C=O) groups excluding carboxylic acids is 6. The molecule has 0 spiro atoms. The molecule has 0 saturated heterocycles.